The Balaban J connectivity index is 0. The molecule has 0 aliphatic carbocycles. The minimum absolute atomic E-state index is 0.958. The molecule has 0 saturated heterocycles. The van der Waals surface area contributed by atoms with E-state index in [2.05, 4.69) is 10.3 Å². The van der Waals surface area contributed by atoms with Crippen LogP contribution in [-0.4, -0.2) is 52.2 Å². The first-order valence-corrected chi connectivity index (χ1v) is 3.02. The van der Waals surface area contributed by atoms with Crippen LogP contribution in [0, 0.1) is 0 Å². The van der Waals surface area contributed by atoms with E-state index in [0.29, 0.717) is 0 Å². The van der Waals surface area contributed by atoms with E-state index in [4.69, 9.17) is 30.0 Å². The van der Waals surface area contributed by atoms with Crippen LogP contribution in [-0.2, 0) is 0 Å². The molecule has 0 atom stereocenters. The van der Waals surface area contributed by atoms with Gasteiger partial charge in [-0.05, 0) is 0 Å². The van der Waals surface area contributed by atoms with Crippen molar-refractivity contribution in [2.24, 2.45) is 4.99 Å². The summed E-state index contributed by atoms with van der Waals surface area (Å²) in [5.41, 5.74) is 0. The third kappa shape index (κ3) is 70.9. The fourth-order valence-electron chi connectivity index (χ4n) is 0.323. The molecule has 0 bridgehead atoms. The van der Waals surface area contributed by atoms with E-state index >= 15 is 0 Å². The molecule has 1 heterocycles. The zero-order chi connectivity index (χ0) is 10.7. The number of nitrogens with zero attached hydrogens (tertiary/aromatic N) is 1. The average molecular weight is 194 g/mol. The lowest BCUT2D eigenvalue weighted by Crippen LogP contribution is -2.04. The van der Waals surface area contributed by atoms with Crippen molar-refractivity contribution in [3.63, 3.8) is 0 Å². The maximum Gasteiger partial charge on any atom is 0.503 e. The summed E-state index contributed by atoms with van der Waals surface area (Å²) >= 11 is 0. The van der Waals surface area contributed by atoms with Crippen LogP contribution in [0.5, 0.6) is 0 Å². The Bertz CT molecular complexity index is 154. The Hall–Kier alpha value is -1.99. The SMILES string of the molecule is C1=NCCN1.O=C(O)O.O=C(O)O. The minimum Gasteiger partial charge on any atom is -0.450 e. The molecular weight excluding hydrogens is 184 g/mol. The lowest BCUT2D eigenvalue weighted by Gasteiger charge is -1.75. The van der Waals surface area contributed by atoms with Crippen molar-refractivity contribution in [1.29, 1.82) is 0 Å². The van der Waals surface area contributed by atoms with Crippen molar-refractivity contribution in [2.45, 2.75) is 0 Å². The molecule has 0 fully saturated rings. The number of nitrogens with one attached hydrogen (secondary N) is 1. The van der Waals surface area contributed by atoms with Gasteiger partial charge in [-0.2, -0.15) is 0 Å². The van der Waals surface area contributed by atoms with Crippen LogP contribution in [0.25, 0.3) is 0 Å². The second-order valence-corrected chi connectivity index (χ2v) is 1.55. The lowest BCUT2D eigenvalue weighted by molar-refractivity contribution is 0.135. The molecule has 13 heavy (non-hydrogen) atoms. The second kappa shape index (κ2) is 10.0. The van der Waals surface area contributed by atoms with Gasteiger partial charge >= 0.3 is 12.3 Å². The number of carbonyl (C=O) groups is 2. The van der Waals surface area contributed by atoms with Gasteiger partial charge in [-0.15, -0.1) is 0 Å². The highest BCUT2D eigenvalue weighted by atomic mass is 16.6. The Morgan fingerprint density at radius 3 is 1.62 bits per heavy atom. The first kappa shape index (κ1) is 13.6. The highest BCUT2D eigenvalue weighted by Crippen LogP contribution is 1.68. The van der Waals surface area contributed by atoms with E-state index in [0.717, 1.165) is 13.1 Å². The monoisotopic (exact) mass is 194 g/mol. The first-order valence-electron chi connectivity index (χ1n) is 3.02. The van der Waals surface area contributed by atoms with Crippen LogP contribution in [0.3, 0.4) is 0 Å². The van der Waals surface area contributed by atoms with Crippen LogP contribution in [0.1, 0.15) is 0 Å². The Morgan fingerprint density at radius 2 is 1.54 bits per heavy atom. The molecule has 0 spiro atoms. The lowest BCUT2D eigenvalue weighted by atomic mass is 10.7. The molecule has 1 rings (SSSR count). The number of hydrogen-bond donors (Lipinski definition) is 5. The molecule has 1 aliphatic rings. The highest BCUT2D eigenvalue weighted by Gasteiger charge is 1.82. The predicted molar refractivity (Wildman–Crippen MR) is 42.7 cm³/mol. The van der Waals surface area contributed by atoms with Gasteiger partial charge in [-0.25, -0.2) is 9.59 Å². The number of hydrogen-bond acceptors (Lipinski definition) is 4. The van der Waals surface area contributed by atoms with E-state index in [1.807, 2.05) is 0 Å². The number of rotatable bonds is 0. The van der Waals surface area contributed by atoms with E-state index in [-0.39, 0.29) is 0 Å². The smallest absolute Gasteiger partial charge is 0.450 e. The van der Waals surface area contributed by atoms with E-state index < -0.39 is 12.3 Å². The summed E-state index contributed by atoms with van der Waals surface area (Å²) in [5.74, 6) is 0. The van der Waals surface area contributed by atoms with Crippen LogP contribution < -0.4 is 5.32 Å². The molecule has 0 aromatic heterocycles. The number of aliphatic imine (C=N–C) groups is 1. The van der Waals surface area contributed by atoms with Gasteiger partial charge in [0.2, 0.25) is 0 Å². The van der Waals surface area contributed by atoms with Crippen molar-refractivity contribution in [1.82, 2.24) is 5.32 Å². The zero-order valence-electron chi connectivity index (χ0n) is 6.54. The van der Waals surface area contributed by atoms with Gasteiger partial charge < -0.3 is 25.7 Å². The predicted octanol–water partition coefficient (Wildman–Crippen LogP) is 0.0627. The first-order chi connectivity index (χ1) is 5.96. The van der Waals surface area contributed by atoms with Gasteiger partial charge in [0.25, 0.3) is 0 Å². The molecule has 0 aromatic rings. The Morgan fingerprint density at radius 1 is 1.15 bits per heavy atom. The summed E-state index contributed by atoms with van der Waals surface area (Å²) in [7, 11) is 0. The molecule has 0 saturated carbocycles. The topological polar surface area (TPSA) is 139 Å². The van der Waals surface area contributed by atoms with E-state index in [1.54, 1.807) is 6.34 Å². The van der Waals surface area contributed by atoms with Gasteiger partial charge in [0.05, 0.1) is 12.9 Å². The van der Waals surface area contributed by atoms with Crippen LogP contribution in [0.15, 0.2) is 4.99 Å². The summed E-state index contributed by atoms with van der Waals surface area (Å²) < 4.78 is 0. The van der Waals surface area contributed by atoms with Crippen molar-refractivity contribution in [3.8, 4) is 0 Å². The van der Waals surface area contributed by atoms with Crippen molar-refractivity contribution < 1.29 is 30.0 Å². The van der Waals surface area contributed by atoms with Crippen molar-refractivity contribution in [2.75, 3.05) is 13.1 Å². The summed E-state index contributed by atoms with van der Waals surface area (Å²) in [6.45, 7) is 1.99. The maximum atomic E-state index is 8.56. The summed E-state index contributed by atoms with van der Waals surface area (Å²) in [4.78, 5) is 21.0. The summed E-state index contributed by atoms with van der Waals surface area (Å²) in [6, 6.07) is 0. The van der Waals surface area contributed by atoms with Crippen molar-refractivity contribution in [3.05, 3.63) is 0 Å². The zero-order valence-corrected chi connectivity index (χ0v) is 6.54. The van der Waals surface area contributed by atoms with Crippen LogP contribution in [0.4, 0.5) is 9.59 Å². The quantitative estimate of drug-likeness (QED) is 0.367. The highest BCUT2D eigenvalue weighted by molar-refractivity contribution is 5.56. The summed E-state index contributed by atoms with van der Waals surface area (Å²) in [5, 5.41) is 30.8. The van der Waals surface area contributed by atoms with Crippen LogP contribution >= 0.6 is 0 Å². The van der Waals surface area contributed by atoms with E-state index in [9.17, 15) is 0 Å². The largest absolute Gasteiger partial charge is 0.503 e. The molecule has 8 heteroatoms. The molecule has 8 nitrogen and oxygen atoms in total. The maximum absolute atomic E-state index is 8.56. The minimum atomic E-state index is -1.83. The normalized spacial score (nSPS) is 11.1. The second-order valence-electron chi connectivity index (χ2n) is 1.55. The molecule has 0 aromatic carbocycles. The molecule has 0 radical (unpaired) electrons. The third-order valence-electron chi connectivity index (χ3n) is 0.568. The van der Waals surface area contributed by atoms with E-state index in [1.165, 1.54) is 0 Å². The molecular formula is C5H10N2O6. The molecule has 0 amide bonds. The molecule has 1 aliphatic heterocycles. The van der Waals surface area contributed by atoms with Gasteiger partial charge in [-0.1, -0.05) is 0 Å². The van der Waals surface area contributed by atoms with Gasteiger partial charge in [0.15, 0.2) is 0 Å². The van der Waals surface area contributed by atoms with Gasteiger partial charge in [0, 0.05) is 6.54 Å². The fourth-order valence-corrected chi connectivity index (χ4v) is 0.323. The van der Waals surface area contributed by atoms with Gasteiger partial charge in [0.1, 0.15) is 0 Å². The summed E-state index contributed by atoms with van der Waals surface area (Å²) in [6.07, 6.45) is -1.93. The Kier molecular flexibility index (Phi) is 10.5. The van der Waals surface area contributed by atoms with Gasteiger partial charge in [-0.3, -0.25) is 4.99 Å². The molecule has 0 unspecified atom stereocenters. The van der Waals surface area contributed by atoms with Crippen molar-refractivity contribution >= 4 is 18.6 Å². The average Bonchev–Trinajstić information content (AvgIpc) is 2.35. The Labute approximate surface area is 73.2 Å². The molecule has 5 N–H and O–H groups in total. The van der Waals surface area contributed by atoms with Crippen LogP contribution in [0.2, 0.25) is 0 Å². The third-order valence-corrected chi connectivity index (χ3v) is 0.568. The fraction of sp³-hybridized carbons (Fsp3) is 0.400. The number of carboxylic acid groups (broad SMARTS) is 4. The molecule has 76 valence electrons. The standard InChI is InChI=1S/C3H6N2.2CH2O3/c1-2-5-3-4-1;2*2-1(3)4/h3H,1-2H2,(H,4,5);2*(H2,2,3,4).